The van der Waals surface area contributed by atoms with Crippen molar-refractivity contribution in [2.75, 3.05) is 26.0 Å². The van der Waals surface area contributed by atoms with Crippen molar-refractivity contribution in [1.82, 2.24) is 15.3 Å². The second kappa shape index (κ2) is 7.96. The van der Waals surface area contributed by atoms with E-state index in [-0.39, 0.29) is 11.9 Å². The Morgan fingerprint density at radius 2 is 2.26 bits per heavy atom. The van der Waals surface area contributed by atoms with Gasteiger partial charge in [-0.05, 0) is 19.3 Å². The number of carboxylic acid groups (broad SMARTS) is 1. The Morgan fingerprint density at radius 1 is 1.47 bits per heavy atom. The number of unbranched alkanes of at least 4 members (excludes halogenated alkanes) is 2. The third kappa shape index (κ3) is 5.75. The molecule has 0 spiro atoms. The first-order valence-corrected chi connectivity index (χ1v) is 5.89. The fraction of sp³-hybridized carbons (Fsp3) is 0.545. The molecular formula is C11H18N4O4. The van der Waals surface area contributed by atoms with Crippen LogP contribution in [0.2, 0.25) is 0 Å². The van der Waals surface area contributed by atoms with Crippen molar-refractivity contribution in [2.45, 2.75) is 19.3 Å². The van der Waals surface area contributed by atoms with E-state index in [1.54, 1.807) is 0 Å². The quantitative estimate of drug-likeness (QED) is 0.600. The lowest BCUT2D eigenvalue weighted by atomic mass is 10.2. The minimum Gasteiger partial charge on any atom is -0.479 e. The Morgan fingerprint density at radius 3 is 2.95 bits per heavy atom. The second-order valence-corrected chi connectivity index (χ2v) is 3.76. The topological polar surface area (TPSA) is 120 Å². The van der Waals surface area contributed by atoms with Gasteiger partial charge in [-0.25, -0.2) is 9.78 Å². The number of hydrogen-bond donors (Lipinski definition) is 3. The highest BCUT2D eigenvalue weighted by Gasteiger charge is 2.05. The fourth-order valence-electron chi connectivity index (χ4n) is 1.36. The summed E-state index contributed by atoms with van der Waals surface area (Å²) in [6.45, 7) is 0.904. The number of nitrogen functional groups attached to an aromatic ring is 1. The van der Waals surface area contributed by atoms with E-state index in [0.29, 0.717) is 18.8 Å². The molecule has 0 bridgehead atoms. The molecule has 0 saturated heterocycles. The largest absolute Gasteiger partial charge is 0.479 e. The average molecular weight is 270 g/mol. The van der Waals surface area contributed by atoms with Crippen LogP contribution in [-0.2, 0) is 0 Å². The highest BCUT2D eigenvalue weighted by molar-refractivity contribution is 5.64. The summed E-state index contributed by atoms with van der Waals surface area (Å²) in [5, 5.41) is 10.7. The molecule has 0 atom stereocenters. The molecule has 0 radical (unpaired) electrons. The van der Waals surface area contributed by atoms with Gasteiger partial charge in [-0.2, -0.15) is 4.98 Å². The maximum Gasteiger partial charge on any atom is 0.404 e. The number of aromatic nitrogens is 2. The van der Waals surface area contributed by atoms with Crippen molar-refractivity contribution in [3.63, 3.8) is 0 Å². The van der Waals surface area contributed by atoms with Crippen LogP contribution in [0.4, 0.5) is 10.5 Å². The number of rotatable bonds is 8. The standard InChI is InChI=1S/C11H18N4O4/c1-18-9-8(12)7-14-10(15-9)19-6-4-2-3-5-13-11(16)17/h7,13H,2-6,12H2,1H3,(H,16,17). The number of hydrogen-bond acceptors (Lipinski definition) is 6. The summed E-state index contributed by atoms with van der Waals surface area (Å²) in [6, 6.07) is 0.217. The number of methoxy groups -OCH3 is 1. The van der Waals surface area contributed by atoms with Gasteiger partial charge in [0, 0.05) is 6.54 Å². The number of anilines is 1. The summed E-state index contributed by atoms with van der Waals surface area (Å²) in [7, 11) is 1.47. The van der Waals surface area contributed by atoms with Gasteiger partial charge in [-0.1, -0.05) is 0 Å². The fourth-order valence-corrected chi connectivity index (χ4v) is 1.36. The first-order valence-electron chi connectivity index (χ1n) is 5.89. The van der Waals surface area contributed by atoms with E-state index in [1.165, 1.54) is 13.3 Å². The molecule has 0 fully saturated rings. The first kappa shape index (κ1) is 14.8. The molecule has 8 nitrogen and oxygen atoms in total. The molecule has 4 N–H and O–H groups in total. The van der Waals surface area contributed by atoms with Crippen molar-refractivity contribution >= 4 is 11.8 Å². The molecule has 1 aromatic heterocycles. The summed E-state index contributed by atoms with van der Waals surface area (Å²) in [4.78, 5) is 18.1. The maximum absolute atomic E-state index is 10.2. The van der Waals surface area contributed by atoms with Crippen molar-refractivity contribution in [1.29, 1.82) is 0 Å². The van der Waals surface area contributed by atoms with Gasteiger partial charge < -0.3 is 25.6 Å². The SMILES string of the molecule is COc1nc(OCCCCCNC(=O)O)ncc1N. The Hall–Kier alpha value is -2.25. The molecule has 1 aromatic rings. The van der Waals surface area contributed by atoms with E-state index >= 15 is 0 Å². The Bertz CT molecular complexity index is 414. The van der Waals surface area contributed by atoms with E-state index in [2.05, 4.69) is 15.3 Å². The molecule has 0 aliphatic heterocycles. The summed E-state index contributed by atoms with van der Waals surface area (Å²) >= 11 is 0. The summed E-state index contributed by atoms with van der Waals surface area (Å²) in [6.07, 6.45) is 2.84. The number of nitrogens with zero attached hydrogens (tertiary/aromatic N) is 2. The molecule has 0 saturated carbocycles. The number of carbonyl (C=O) groups is 1. The molecule has 0 aliphatic rings. The number of amides is 1. The highest BCUT2D eigenvalue weighted by Crippen LogP contribution is 2.18. The monoisotopic (exact) mass is 270 g/mol. The second-order valence-electron chi connectivity index (χ2n) is 3.76. The van der Waals surface area contributed by atoms with Crippen molar-refractivity contribution in [2.24, 2.45) is 0 Å². The van der Waals surface area contributed by atoms with Crippen LogP contribution in [0.15, 0.2) is 6.20 Å². The minimum absolute atomic E-state index is 0.217. The van der Waals surface area contributed by atoms with Crippen molar-refractivity contribution in [3.05, 3.63) is 6.20 Å². The van der Waals surface area contributed by atoms with Gasteiger partial charge in [0.15, 0.2) is 0 Å². The normalized spacial score (nSPS) is 9.95. The van der Waals surface area contributed by atoms with Crippen LogP contribution in [-0.4, -0.2) is 41.4 Å². The summed E-state index contributed by atoms with van der Waals surface area (Å²) in [5.41, 5.74) is 5.93. The van der Waals surface area contributed by atoms with E-state index in [4.69, 9.17) is 20.3 Å². The van der Waals surface area contributed by atoms with Crippen LogP contribution in [0.25, 0.3) is 0 Å². The smallest absolute Gasteiger partial charge is 0.404 e. The molecule has 106 valence electrons. The zero-order valence-electron chi connectivity index (χ0n) is 10.8. The van der Waals surface area contributed by atoms with E-state index in [9.17, 15) is 4.79 Å². The summed E-state index contributed by atoms with van der Waals surface area (Å²) in [5.74, 6) is 0.288. The van der Waals surface area contributed by atoms with Gasteiger partial charge in [0.25, 0.3) is 0 Å². The van der Waals surface area contributed by atoms with Crippen LogP contribution in [0.5, 0.6) is 11.9 Å². The predicted octanol–water partition coefficient (Wildman–Crippen LogP) is 0.884. The van der Waals surface area contributed by atoms with Crippen LogP contribution < -0.4 is 20.5 Å². The Balaban J connectivity index is 2.17. The third-order valence-electron chi connectivity index (χ3n) is 2.28. The van der Waals surface area contributed by atoms with E-state index < -0.39 is 6.09 Å². The van der Waals surface area contributed by atoms with Crippen LogP contribution in [0, 0.1) is 0 Å². The molecule has 1 rings (SSSR count). The van der Waals surface area contributed by atoms with Gasteiger partial charge >= 0.3 is 12.1 Å². The Labute approximate surface area is 110 Å². The molecule has 0 unspecified atom stereocenters. The zero-order chi connectivity index (χ0) is 14.1. The molecule has 19 heavy (non-hydrogen) atoms. The van der Waals surface area contributed by atoms with Crippen molar-refractivity contribution < 1.29 is 19.4 Å². The summed E-state index contributed by atoms with van der Waals surface area (Å²) < 4.78 is 10.3. The molecule has 0 aliphatic carbocycles. The molecule has 0 aromatic carbocycles. The van der Waals surface area contributed by atoms with E-state index in [0.717, 1.165) is 19.3 Å². The molecular weight excluding hydrogens is 252 g/mol. The first-order chi connectivity index (χ1) is 9.13. The maximum atomic E-state index is 10.2. The molecule has 8 heteroatoms. The average Bonchev–Trinajstić information content (AvgIpc) is 2.39. The van der Waals surface area contributed by atoms with Gasteiger partial charge in [-0.3, -0.25) is 0 Å². The number of nitrogens with two attached hydrogens (primary N) is 1. The molecule has 1 amide bonds. The van der Waals surface area contributed by atoms with Gasteiger partial charge in [-0.15, -0.1) is 0 Å². The lowest BCUT2D eigenvalue weighted by Crippen LogP contribution is -2.21. The number of nitrogens with one attached hydrogen (secondary N) is 1. The minimum atomic E-state index is -1.00. The number of ether oxygens (including phenoxy) is 2. The van der Waals surface area contributed by atoms with Gasteiger partial charge in [0.1, 0.15) is 5.69 Å². The van der Waals surface area contributed by atoms with Gasteiger partial charge in [0.2, 0.25) is 5.88 Å². The lowest BCUT2D eigenvalue weighted by Gasteiger charge is -2.07. The van der Waals surface area contributed by atoms with Crippen LogP contribution in [0.3, 0.4) is 0 Å². The lowest BCUT2D eigenvalue weighted by molar-refractivity contribution is 0.194. The van der Waals surface area contributed by atoms with Crippen molar-refractivity contribution in [3.8, 4) is 11.9 Å². The Kier molecular flexibility index (Phi) is 6.20. The van der Waals surface area contributed by atoms with Gasteiger partial charge in [0.05, 0.1) is 19.9 Å². The molecule has 1 heterocycles. The van der Waals surface area contributed by atoms with Crippen LogP contribution >= 0.6 is 0 Å². The zero-order valence-corrected chi connectivity index (χ0v) is 10.8. The third-order valence-corrected chi connectivity index (χ3v) is 2.28. The predicted molar refractivity (Wildman–Crippen MR) is 68.4 cm³/mol. The van der Waals surface area contributed by atoms with Crippen LogP contribution in [0.1, 0.15) is 19.3 Å². The van der Waals surface area contributed by atoms with E-state index in [1.807, 2.05) is 0 Å². The highest BCUT2D eigenvalue weighted by atomic mass is 16.5.